The van der Waals surface area contributed by atoms with Gasteiger partial charge in [0.05, 0.1) is 34.6 Å². The van der Waals surface area contributed by atoms with E-state index in [1.165, 1.54) is 11.7 Å². The number of hydrogen-bond acceptors (Lipinski definition) is 4. The molecular formula is C15H18ClN3O4. The van der Waals surface area contributed by atoms with Crippen molar-refractivity contribution in [3.63, 3.8) is 0 Å². The molecule has 2 aromatic rings. The molecule has 0 saturated heterocycles. The van der Waals surface area contributed by atoms with Crippen LogP contribution in [-0.4, -0.2) is 34.5 Å². The monoisotopic (exact) mass is 339 g/mol. The highest BCUT2D eigenvalue weighted by Gasteiger charge is 2.22. The Hall–Kier alpha value is -2.12. The van der Waals surface area contributed by atoms with Gasteiger partial charge in [-0.1, -0.05) is 17.7 Å². The Morgan fingerprint density at radius 2 is 2.17 bits per heavy atom. The van der Waals surface area contributed by atoms with Crippen LogP contribution in [0.2, 0.25) is 5.02 Å². The summed E-state index contributed by atoms with van der Waals surface area (Å²) in [5.74, 6) is 0.316. The lowest BCUT2D eigenvalue weighted by Crippen LogP contribution is -2.35. The highest BCUT2D eigenvalue weighted by atomic mass is 35.5. The van der Waals surface area contributed by atoms with Crippen LogP contribution < -0.4 is 10.9 Å². The molecule has 1 aromatic carbocycles. The molecule has 0 fully saturated rings. The first-order chi connectivity index (χ1) is 10.9. The minimum absolute atomic E-state index is 0.282. The van der Waals surface area contributed by atoms with Crippen molar-refractivity contribution in [1.82, 2.24) is 14.9 Å². The fourth-order valence-corrected chi connectivity index (χ4v) is 2.77. The minimum atomic E-state index is -1.19. The number of aromatic nitrogens is 2. The predicted octanol–water partition coefficient (Wildman–Crippen LogP) is 2.59. The van der Waals surface area contributed by atoms with Crippen molar-refractivity contribution in [3.8, 4) is 0 Å². The van der Waals surface area contributed by atoms with Gasteiger partial charge in [-0.25, -0.2) is 9.78 Å². The SMILES string of the molecule is COC[C@H](C)n1c([C@H](C)NC(=O)O)nc2cccc(Cl)c2c1=O. The Morgan fingerprint density at radius 1 is 1.48 bits per heavy atom. The lowest BCUT2D eigenvalue weighted by atomic mass is 10.2. The molecule has 0 aliphatic heterocycles. The molecule has 0 aliphatic rings. The summed E-state index contributed by atoms with van der Waals surface area (Å²) in [6.45, 7) is 3.71. The summed E-state index contributed by atoms with van der Waals surface area (Å²) in [5, 5.41) is 11.9. The molecule has 1 aromatic heterocycles. The molecule has 0 bridgehead atoms. The summed E-state index contributed by atoms with van der Waals surface area (Å²) in [6.07, 6.45) is -1.19. The van der Waals surface area contributed by atoms with Gasteiger partial charge in [0.25, 0.3) is 5.56 Å². The number of hydrogen-bond donors (Lipinski definition) is 2. The van der Waals surface area contributed by atoms with Crippen LogP contribution >= 0.6 is 11.6 Å². The van der Waals surface area contributed by atoms with Crippen molar-refractivity contribution in [2.45, 2.75) is 25.9 Å². The van der Waals surface area contributed by atoms with E-state index in [0.717, 1.165) is 0 Å². The number of carboxylic acid groups (broad SMARTS) is 1. The largest absolute Gasteiger partial charge is 0.465 e. The average molecular weight is 340 g/mol. The summed E-state index contributed by atoms with van der Waals surface area (Å²) >= 11 is 6.14. The van der Waals surface area contributed by atoms with Crippen LogP contribution in [0.3, 0.4) is 0 Å². The zero-order valence-electron chi connectivity index (χ0n) is 13.0. The molecule has 8 heteroatoms. The number of fused-ring (bicyclic) bond motifs is 1. The first kappa shape index (κ1) is 17.2. The van der Waals surface area contributed by atoms with Gasteiger partial charge in [-0.2, -0.15) is 0 Å². The van der Waals surface area contributed by atoms with Gasteiger partial charge in [-0.15, -0.1) is 0 Å². The quantitative estimate of drug-likeness (QED) is 0.873. The van der Waals surface area contributed by atoms with Crippen LogP contribution in [0.1, 0.15) is 31.8 Å². The van der Waals surface area contributed by atoms with E-state index in [-0.39, 0.29) is 18.2 Å². The van der Waals surface area contributed by atoms with Gasteiger partial charge in [0.1, 0.15) is 5.82 Å². The number of amides is 1. The van der Waals surface area contributed by atoms with E-state index in [2.05, 4.69) is 10.3 Å². The van der Waals surface area contributed by atoms with Gasteiger partial charge in [-0.05, 0) is 26.0 Å². The van der Waals surface area contributed by atoms with E-state index in [1.54, 1.807) is 32.0 Å². The second-order valence-electron chi connectivity index (χ2n) is 5.25. The van der Waals surface area contributed by atoms with Crippen LogP contribution in [0.15, 0.2) is 23.0 Å². The van der Waals surface area contributed by atoms with E-state index in [0.29, 0.717) is 21.7 Å². The van der Waals surface area contributed by atoms with Crippen LogP contribution in [0.25, 0.3) is 10.9 Å². The number of nitrogens with zero attached hydrogens (tertiary/aromatic N) is 2. The zero-order chi connectivity index (χ0) is 17.1. The summed E-state index contributed by atoms with van der Waals surface area (Å²) in [5.41, 5.74) is 0.108. The van der Waals surface area contributed by atoms with E-state index < -0.39 is 12.1 Å². The Bertz CT molecular complexity index is 790. The molecule has 1 amide bonds. The highest BCUT2D eigenvalue weighted by molar-refractivity contribution is 6.35. The number of benzene rings is 1. The van der Waals surface area contributed by atoms with Crippen molar-refractivity contribution >= 4 is 28.6 Å². The molecule has 7 nitrogen and oxygen atoms in total. The first-order valence-electron chi connectivity index (χ1n) is 7.05. The Balaban J connectivity index is 2.75. The smallest absolute Gasteiger partial charge is 0.405 e. The Kier molecular flexibility index (Phi) is 5.23. The fourth-order valence-electron chi connectivity index (χ4n) is 2.52. The van der Waals surface area contributed by atoms with Gasteiger partial charge in [0, 0.05) is 7.11 Å². The summed E-state index contributed by atoms with van der Waals surface area (Å²) in [6, 6.07) is 4.00. The van der Waals surface area contributed by atoms with Gasteiger partial charge < -0.3 is 15.2 Å². The lowest BCUT2D eigenvalue weighted by molar-refractivity contribution is 0.157. The molecule has 2 N–H and O–H groups in total. The van der Waals surface area contributed by atoms with Crippen molar-refractivity contribution in [2.24, 2.45) is 0 Å². The van der Waals surface area contributed by atoms with Crippen molar-refractivity contribution in [1.29, 1.82) is 0 Å². The number of methoxy groups -OCH3 is 1. The van der Waals surface area contributed by atoms with E-state index in [4.69, 9.17) is 21.4 Å². The van der Waals surface area contributed by atoms with E-state index in [9.17, 15) is 9.59 Å². The maximum absolute atomic E-state index is 12.9. The normalized spacial score (nSPS) is 13.7. The Morgan fingerprint density at radius 3 is 2.78 bits per heavy atom. The third kappa shape index (κ3) is 3.46. The summed E-state index contributed by atoms with van der Waals surface area (Å²) in [4.78, 5) is 28.3. The van der Waals surface area contributed by atoms with Crippen molar-refractivity contribution < 1.29 is 14.6 Å². The molecule has 0 spiro atoms. The molecule has 0 unspecified atom stereocenters. The standard InChI is InChI=1S/C15H18ClN3O4/c1-8(7-23-3)19-13(9(2)17-15(21)22)18-11-6-4-5-10(16)12(11)14(19)20/h4-6,8-9,17H,7H2,1-3H3,(H,21,22)/t8-,9-/m0/s1. The topological polar surface area (TPSA) is 93.4 Å². The number of ether oxygens (including phenoxy) is 1. The van der Waals surface area contributed by atoms with Crippen LogP contribution in [0.5, 0.6) is 0 Å². The fraction of sp³-hybridized carbons (Fsp3) is 0.400. The second-order valence-corrected chi connectivity index (χ2v) is 5.66. The van der Waals surface area contributed by atoms with Gasteiger partial charge >= 0.3 is 6.09 Å². The second kappa shape index (κ2) is 6.97. The van der Waals surface area contributed by atoms with Crippen LogP contribution in [-0.2, 0) is 4.74 Å². The highest BCUT2D eigenvalue weighted by Crippen LogP contribution is 2.22. The maximum Gasteiger partial charge on any atom is 0.405 e. The number of nitrogens with one attached hydrogen (secondary N) is 1. The lowest BCUT2D eigenvalue weighted by Gasteiger charge is -2.22. The zero-order valence-corrected chi connectivity index (χ0v) is 13.8. The molecule has 0 radical (unpaired) electrons. The molecule has 0 aliphatic carbocycles. The van der Waals surface area contributed by atoms with Crippen molar-refractivity contribution in [3.05, 3.63) is 39.4 Å². The number of rotatable bonds is 5. The predicted molar refractivity (Wildman–Crippen MR) is 87.2 cm³/mol. The van der Waals surface area contributed by atoms with Gasteiger partial charge in [0.2, 0.25) is 0 Å². The molecule has 1 heterocycles. The maximum atomic E-state index is 12.9. The molecule has 2 atom stereocenters. The third-order valence-electron chi connectivity index (χ3n) is 3.48. The van der Waals surface area contributed by atoms with Gasteiger partial charge in [0.15, 0.2) is 0 Å². The number of carbonyl (C=O) groups is 1. The van der Waals surface area contributed by atoms with Crippen molar-refractivity contribution in [2.75, 3.05) is 13.7 Å². The van der Waals surface area contributed by atoms with Crippen LogP contribution in [0.4, 0.5) is 4.79 Å². The van der Waals surface area contributed by atoms with Crippen LogP contribution in [0, 0.1) is 0 Å². The van der Waals surface area contributed by atoms with E-state index >= 15 is 0 Å². The summed E-state index contributed by atoms with van der Waals surface area (Å²) < 4.78 is 6.54. The average Bonchev–Trinajstić information content (AvgIpc) is 2.46. The molecular weight excluding hydrogens is 322 g/mol. The first-order valence-corrected chi connectivity index (χ1v) is 7.43. The molecule has 2 rings (SSSR count). The molecule has 124 valence electrons. The summed E-state index contributed by atoms with van der Waals surface area (Å²) in [7, 11) is 1.53. The molecule has 0 saturated carbocycles. The Labute approximate surface area is 137 Å². The minimum Gasteiger partial charge on any atom is -0.465 e. The van der Waals surface area contributed by atoms with E-state index in [1.807, 2.05) is 0 Å². The third-order valence-corrected chi connectivity index (χ3v) is 3.80. The number of halogens is 1. The van der Waals surface area contributed by atoms with Gasteiger partial charge in [-0.3, -0.25) is 9.36 Å². The molecule has 23 heavy (non-hydrogen) atoms.